The molecule has 0 aromatic heterocycles. The Balaban J connectivity index is 1.26. The van der Waals surface area contributed by atoms with Gasteiger partial charge in [0.2, 0.25) is 15.9 Å². The molecule has 1 saturated heterocycles. The van der Waals surface area contributed by atoms with Crippen LogP contribution in [0, 0.1) is 13.8 Å². The third-order valence-electron chi connectivity index (χ3n) is 6.98. The number of benzene rings is 2. The summed E-state index contributed by atoms with van der Waals surface area (Å²) in [5, 5.41) is 6.17. The van der Waals surface area contributed by atoms with Crippen LogP contribution in [0.5, 0.6) is 5.75 Å². The fourth-order valence-electron chi connectivity index (χ4n) is 5.05. The molecule has 38 heavy (non-hydrogen) atoms. The van der Waals surface area contributed by atoms with Gasteiger partial charge in [-0.2, -0.15) is 4.31 Å². The number of hydrogen-bond donors (Lipinski definition) is 2. The summed E-state index contributed by atoms with van der Waals surface area (Å²) in [5.74, 6) is 1.45. The number of nitrogens with zero attached hydrogens (tertiary/aromatic N) is 2. The molecule has 2 aromatic rings. The average Bonchev–Trinajstić information content (AvgIpc) is 3.45. The number of carbonyl (C=O) groups is 1. The number of aryl methyl sites for hydroxylation is 2. The fraction of sp³-hybridized carbons (Fsp3) is 0.500. The number of ether oxygens (including phenoxy) is 2. The van der Waals surface area contributed by atoms with E-state index in [4.69, 9.17) is 9.47 Å². The number of nitrogens with one attached hydrogen (secondary N) is 2. The number of sulfonamides is 1. The van der Waals surface area contributed by atoms with Crippen molar-refractivity contribution in [2.45, 2.75) is 57.0 Å². The van der Waals surface area contributed by atoms with Gasteiger partial charge in [0, 0.05) is 37.7 Å². The maximum absolute atomic E-state index is 13.7. The highest BCUT2D eigenvalue weighted by molar-refractivity contribution is 7.89. The predicted molar refractivity (Wildman–Crippen MR) is 147 cm³/mol. The predicted octanol–water partition coefficient (Wildman–Crippen LogP) is 2.93. The molecule has 2 aliphatic rings. The molecule has 4 rings (SSSR count). The first-order valence-electron chi connectivity index (χ1n) is 13.2. The van der Waals surface area contributed by atoms with E-state index < -0.39 is 10.0 Å². The van der Waals surface area contributed by atoms with Crippen molar-refractivity contribution in [1.29, 1.82) is 0 Å². The second kappa shape index (κ2) is 12.7. The third-order valence-corrected chi connectivity index (χ3v) is 9.24. The summed E-state index contributed by atoms with van der Waals surface area (Å²) < 4.78 is 40.0. The second-order valence-corrected chi connectivity index (χ2v) is 11.6. The molecule has 2 N–H and O–H groups in total. The molecule has 0 radical (unpaired) electrons. The lowest BCUT2D eigenvalue weighted by Crippen LogP contribution is -2.46. The lowest BCUT2D eigenvalue weighted by molar-refractivity contribution is -0.122. The van der Waals surface area contributed by atoms with Crippen LogP contribution in [0.15, 0.2) is 46.3 Å². The van der Waals surface area contributed by atoms with Gasteiger partial charge in [-0.1, -0.05) is 30.7 Å². The normalized spacial score (nSPS) is 18.1. The van der Waals surface area contributed by atoms with E-state index in [9.17, 15) is 13.2 Å². The molecule has 2 aliphatic heterocycles. The van der Waals surface area contributed by atoms with Crippen molar-refractivity contribution in [3.05, 3.63) is 58.7 Å². The Hall–Kier alpha value is -2.95. The quantitative estimate of drug-likeness (QED) is 0.423. The number of aliphatic imine (C=N–C) groups is 1. The molecule has 0 aliphatic carbocycles. The van der Waals surface area contributed by atoms with E-state index in [0.717, 1.165) is 49.3 Å². The highest BCUT2D eigenvalue weighted by Gasteiger charge is 2.35. The molecular weight excluding hydrogens is 504 g/mol. The molecule has 206 valence electrons. The summed E-state index contributed by atoms with van der Waals surface area (Å²) in [6.07, 6.45) is 2.72. The molecule has 0 bridgehead atoms. The second-order valence-electron chi connectivity index (χ2n) is 9.81. The summed E-state index contributed by atoms with van der Waals surface area (Å²) in [4.78, 5) is 17.1. The highest BCUT2D eigenvalue weighted by atomic mass is 32.2. The zero-order chi connectivity index (χ0) is 27.1. The minimum atomic E-state index is -3.69. The van der Waals surface area contributed by atoms with Gasteiger partial charge in [0.15, 0.2) is 0 Å². The lowest BCUT2D eigenvalue weighted by Gasteiger charge is -2.35. The Morgan fingerprint density at radius 1 is 1.16 bits per heavy atom. The maximum Gasteiger partial charge on any atom is 0.243 e. The van der Waals surface area contributed by atoms with Gasteiger partial charge in [0.05, 0.1) is 31.8 Å². The number of rotatable bonds is 11. The highest BCUT2D eigenvalue weighted by Crippen LogP contribution is 2.32. The first-order valence-corrected chi connectivity index (χ1v) is 14.6. The van der Waals surface area contributed by atoms with Crippen LogP contribution in [0.4, 0.5) is 0 Å². The summed E-state index contributed by atoms with van der Waals surface area (Å²) in [6.45, 7) is 6.66. The maximum atomic E-state index is 13.7. The number of methoxy groups -OCH3 is 1. The molecule has 1 unspecified atom stereocenters. The Morgan fingerprint density at radius 3 is 2.55 bits per heavy atom. The molecule has 1 atom stereocenters. The molecular formula is C28H38N4O5S. The molecule has 10 heteroatoms. The van der Waals surface area contributed by atoms with Crippen molar-refractivity contribution >= 4 is 21.8 Å². The van der Waals surface area contributed by atoms with E-state index in [1.807, 2.05) is 24.3 Å². The minimum absolute atomic E-state index is 0.103. The molecule has 2 aromatic carbocycles. The Kier molecular flexibility index (Phi) is 9.40. The van der Waals surface area contributed by atoms with Crippen LogP contribution in [0.25, 0.3) is 0 Å². The lowest BCUT2D eigenvalue weighted by atomic mass is 10.1. The van der Waals surface area contributed by atoms with Crippen LogP contribution in [0.2, 0.25) is 0 Å². The Bertz CT molecular complexity index is 1240. The number of carbonyl (C=O) groups excluding carboxylic acids is 1. The van der Waals surface area contributed by atoms with E-state index in [2.05, 4.69) is 15.6 Å². The van der Waals surface area contributed by atoms with E-state index in [1.54, 1.807) is 37.4 Å². The van der Waals surface area contributed by atoms with Crippen molar-refractivity contribution in [2.75, 3.05) is 40.0 Å². The van der Waals surface area contributed by atoms with Crippen LogP contribution in [0.1, 0.15) is 47.9 Å². The monoisotopic (exact) mass is 542 g/mol. The molecule has 1 amide bonds. The van der Waals surface area contributed by atoms with Gasteiger partial charge < -0.3 is 20.1 Å². The van der Waals surface area contributed by atoms with Crippen molar-refractivity contribution in [1.82, 2.24) is 14.9 Å². The topological polar surface area (TPSA) is 109 Å². The van der Waals surface area contributed by atoms with Gasteiger partial charge >= 0.3 is 0 Å². The number of amidine groups is 1. The van der Waals surface area contributed by atoms with Crippen molar-refractivity contribution in [3.8, 4) is 5.75 Å². The number of amides is 1. The van der Waals surface area contributed by atoms with Gasteiger partial charge in [0.25, 0.3) is 0 Å². The Labute approximate surface area is 225 Å². The summed E-state index contributed by atoms with van der Waals surface area (Å²) >= 11 is 0. The van der Waals surface area contributed by atoms with Gasteiger partial charge in [-0.05, 0) is 55.5 Å². The molecule has 9 nitrogen and oxygen atoms in total. The fourth-order valence-corrected chi connectivity index (χ4v) is 7.15. The van der Waals surface area contributed by atoms with Crippen molar-refractivity contribution < 1.29 is 22.7 Å². The largest absolute Gasteiger partial charge is 0.497 e. The van der Waals surface area contributed by atoms with Crippen molar-refractivity contribution in [3.63, 3.8) is 0 Å². The Morgan fingerprint density at radius 2 is 1.89 bits per heavy atom. The van der Waals surface area contributed by atoms with Crippen LogP contribution >= 0.6 is 0 Å². The summed E-state index contributed by atoms with van der Waals surface area (Å²) in [6, 6.07) is 11.2. The van der Waals surface area contributed by atoms with Gasteiger partial charge in [0.1, 0.15) is 11.6 Å². The van der Waals surface area contributed by atoms with Crippen LogP contribution < -0.4 is 15.4 Å². The molecule has 1 fully saturated rings. The van der Waals surface area contributed by atoms with Crippen LogP contribution in [0.3, 0.4) is 0 Å². The average molecular weight is 543 g/mol. The SMILES string of the molecule is COc1cc(C)c(S(=O)(=O)N2CCCCC2COCCC(=O)NCc2ccc(C3=NCCN3)cc2)c(C)c1. The number of piperidine rings is 1. The van der Waals surface area contributed by atoms with E-state index in [-0.39, 0.29) is 31.6 Å². The van der Waals surface area contributed by atoms with Crippen molar-refractivity contribution in [2.24, 2.45) is 4.99 Å². The zero-order valence-corrected chi connectivity index (χ0v) is 23.3. The minimum Gasteiger partial charge on any atom is -0.497 e. The molecule has 0 saturated carbocycles. The van der Waals surface area contributed by atoms with E-state index in [1.165, 1.54) is 0 Å². The van der Waals surface area contributed by atoms with Crippen LogP contribution in [-0.4, -0.2) is 70.5 Å². The first-order chi connectivity index (χ1) is 18.3. The zero-order valence-electron chi connectivity index (χ0n) is 22.5. The van der Waals surface area contributed by atoms with E-state index >= 15 is 0 Å². The standard InChI is InChI=1S/C28H38N4O5S/c1-20-16-25(36-3)17-21(2)27(20)38(34,35)32-14-5-4-6-24(32)19-37-15-11-26(33)31-18-22-7-9-23(10-8-22)28-29-12-13-30-28/h7-10,16-17,24H,4-6,11-15,18-19H2,1-3H3,(H,29,30)(H,31,33). The van der Waals surface area contributed by atoms with Crippen LogP contribution in [-0.2, 0) is 26.1 Å². The van der Waals surface area contributed by atoms with E-state index in [0.29, 0.717) is 34.9 Å². The third kappa shape index (κ3) is 6.73. The van der Waals surface area contributed by atoms with Gasteiger partial charge in [-0.25, -0.2) is 8.42 Å². The summed E-state index contributed by atoms with van der Waals surface area (Å²) in [7, 11) is -2.12. The summed E-state index contributed by atoms with van der Waals surface area (Å²) in [5.41, 5.74) is 3.39. The van der Waals surface area contributed by atoms with Gasteiger partial charge in [-0.3, -0.25) is 9.79 Å². The van der Waals surface area contributed by atoms with Gasteiger partial charge in [-0.15, -0.1) is 0 Å². The molecule has 2 heterocycles. The first kappa shape index (κ1) is 28.1. The smallest absolute Gasteiger partial charge is 0.243 e. The molecule has 0 spiro atoms. The number of hydrogen-bond acceptors (Lipinski definition) is 7.